The average molecular weight is 341 g/mol. The van der Waals surface area contributed by atoms with Crippen LogP contribution in [0.5, 0.6) is 0 Å². The van der Waals surface area contributed by atoms with Crippen molar-refractivity contribution in [2.24, 2.45) is 0 Å². The third kappa shape index (κ3) is 3.17. The number of aromatic nitrogens is 1. The smallest absolute Gasteiger partial charge is 0.255 e. The van der Waals surface area contributed by atoms with Gasteiger partial charge in [-0.05, 0) is 47.3 Å². The Kier molecular flexibility index (Phi) is 4.15. The number of nitrogen functional groups attached to an aromatic ring is 1. The van der Waals surface area contributed by atoms with Crippen molar-refractivity contribution in [1.29, 1.82) is 0 Å². The third-order valence-corrected chi connectivity index (χ3v) is 4.46. The van der Waals surface area contributed by atoms with Gasteiger partial charge in [-0.2, -0.15) is 0 Å². The zero-order chi connectivity index (χ0) is 17.9. The normalized spacial score (nSPS) is 10.8. The van der Waals surface area contributed by atoms with Crippen LogP contribution in [0.15, 0.2) is 85.1 Å². The molecule has 0 spiro atoms. The number of nitrogens with zero attached hydrogens (tertiary/aromatic N) is 1. The molecule has 26 heavy (non-hydrogen) atoms. The molecule has 0 unspecified atom stereocenters. The standard InChI is InChI=1S/C22H19N3O/c23-19-6-2-3-7-20(19)24-22(26)18-11-9-16(10-12-18)15-25-14-13-17-5-1-4-8-21(17)25/h1-14H,15,23H2,(H,24,26). The van der Waals surface area contributed by atoms with Gasteiger partial charge < -0.3 is 15.6 Å². The summed E-state index contributed by atoms with van der Waals surface area (Å²) in [4.78, 5) is 12.4. The van der Waals surface area contributed by atoms with Gasteiger partial charge in [0.15, 0.2) is 0 Å². The summed E-state index contributed by atoms with van der Waals surface area (Å²) >= 11 is 0. The molecule has 128 valence electrons. The van der Waals surface area contributed by atoms with E-state index in [0.717, 1.165) is 12.1 Å². The molecule has 3 N–H and O–H groups in total. The van der Waals surface area contributed by atoms with E-state index >= 15 is 0 Å². The van der Waals surface area contributed by atoms with Crippen molar-refractivity contribution >= 4 is 28.2 Å². The largest absolute Gasteiger partial charge is 0.397 e. The predicted octanol–water partition coefficient (Wildman–Crippen LogP) is 4.52. The summed E-state index contributed by atoms with van der Waals surface area (Å²) in [6, 6.07) is 25.3. The predicted molar refractivity (Wildman–Crippen MR) is 106 cm³/mol. The lowest BCUT2D eigenvalue weighted by molar-refractivity contribution is 0.102. The molecule has 3 aromatic carbocycles. The molecule has 0 atom stereocenters. The highest BCUT2D eigenvalue weighted by molar-refractivity contribution is 6.05. The molecular weight excluding hydrogens is 322 g/mol. The fourth-order valence-corrected chi connectivity index (χ4v) is 3.04. The molecule has 4 aromatic rings. The van der Waals surface area contributed by atoms with Crippen molar-refractivity contribution in [3.8, 4) is 0 Å². The van der Waals surface area contributed by atoms with Crippen LogP contribution in [0.2, 0.25) is 0 Å². The second-order valence-corrected chi connectivity index (χ2v) is 6.24. The van der Waals surface area contributed by atoms with Gasteiger partial charge in [-0.25, -0.2) is 0 Å². The first kappa shape index (κ1) is 16.0. The molecule has 1 amide bonds. The van der Waals surface area contributed by atoms with Crippen LogP contribution in [0.3, 0.4) is 0 Å². The van der Waals surface area contributed by atoms with E-state index in [-0.39, 0.29) is 5.91 Å². The Hall–Kier alpha value is -3.53. The SMILES string of the molecule is Nc1ccccc1NC(=O)c1ccc(Cn2ccc3ccccc32)cc1. The maximum Gasteiger partial charge on any atom is 0.255 e. The van der Waals surface area contributed by atoms with Crippen LogP contribution in [0.1, 0.15) is 15.9 Å². The van der Waals surface area contributed by atoms with E-state index in [4.69, 9.17) is 5.73 Å². The first-order valence-electron chi connectivity index (χ1n) is 8.49. The lowest BCUT2D eigenvalue weighted by Gasteiger charge is -2.09. The van der Waals surface area contributed by atoms with Crippen LogP contribution >= 0.6 is 0 Å². The summed E-state index contributed by atoms with van der Waals surface area (Å²) in [5.41, 5.74) is 10.0. The van der Waals surface area contributed by atoms with Crippen LogP contribution < -0.4 is 11.1 Å². The molecule has 1 aromatic heterocycles. The van der Waals surface area contributed by atoms with Crippen molar-refractivity contribution in [3.63, 3.8) is 0 Å². The minimum Gasteiger partial charge on any atom is -0.397 e. The number of amides is 1. The van der Waals surface area contributed by atoms with Crippen molar-refractivity contribution in [2.75, 3.05) is 11.1 Å². The molecule has 0 bridgehead atoms. The first-order chi connectivity index (χ1) is 12.7. The van der Waals surface area contributed by atoms with Gasteiger partial charge >= 0.3 is 0 Å². The average Bonchev–Trinajstić information content (AvgIpc) is 3.07. The molecular formula is C22H19N3O. The van der Waals surface area contributed by atoms with E-state index in [9.17, 15) is 4.79 Å². The Morgan fingerprint density at radius 1 is 0.885 bits per heavy atom. The number of nitrogens with one attached hydrogen (secondary N) is 1. The van der Waals surface area contributed by atoms with E-state index in [1.165, 1.54) is 10.9 Å². The van der Waals surface area contributed by atoms with Gasteiger partial charge in [0.25, 0.3) is 5.91 Å². The second kappa shape index (κ2) is 6.76. The Morgan fingerprint density at radius 3 is 2.42 bits per heavy atom. The van der Waals surface area contributed by atoms with Crippen molar-refractivity contribution < 1.29 is 4.79 Å². The summed E-state index contributed by atoms with van der Waals surface area (Å²) in [6.07, 6.45) is 2.09. The lowest BCUT2D eigenvalue weighted by atomic mass is 10.1. The molecule has 0 aliphatic carbocycles. The van der Waals surface area contributed by atoms with Gasteiger partial charge in [-0.15, -0.1) is 0 Å². The summed E-state index contributed by atoms with van der Waals surface area (Å²) in [7, 11) is 0. The highest BCUT2D eigenvalue weighted by Gasteiger charge is 2.08. The van der Waals surface area contributed by atoms with E-state index in [0.29, 0.717) is 16.9 Å². The number of fused-ring (bicyclic) bond motifs is 1. The maximum absolute atomic E-state index is 12.4. The number of benzene rings is 3. The van der Waals surface area contributed by atoms with Gasteiger partial charge in [0.05, 0.1) is 11.4 Å². The van der Waals surface area contributed by atoms with E-state index in [1.54, 1.807) is 12.1 Å². The number of carbonyl (C=O) groups is 1. The number of hydrogen-bond acceptors (Lipinski definition) is 2. The highest BCUT2D eigenvalue weighted by Crippen LogP contribution is 2.19. The molecule has 0 aliphatic heterocycles. The van der Waals surface area contributed by atoms with Crippen molar-refractivity contribution in [2.45, 2.75) is 6.54 Å². The van der Waals surface area contributed by atoms with Crippen LogP contribution in [-0.4, -0.2) is 10.5 Å². The molecule has 4 heteroatoms. The third-order valence-electron chi connectivity index (χ3n) is 4.46. The topological polar surface area (TPSA) is 60.0 Å². The van der Waals surface area contributed by atoms with E-state index in [2.05, 4.69) is 34.3 Å². The number of rotatable bonds is 4. The lowest BCUT2D eigenvalue weighted by Crippen LogP contribution is -2.13. The van der Waals surface area contributed by atoms with Gasteiger partial charge in [-0.3, -0.25) is 4.79 Å². The van der Waals surface area contributed by atoms with Crippen LogP contribution in [0.4, 0.5) is 11.4 Å². The fraction of sp³-hybridized carbons (Fsp3) is 0.0455. The van der Waals surface area contributed by atoms with Crippen LogP contribution in [-0.2, 0) is 6.54 Å². The highest BCUT2D eigenvalue weighted by atomic mass is 16.1. The zero-order valence-corrected chi connectivity index (χ0v) is 14.2. The molecule has 0 saturated heterocycles. The number of nitrogens with two attached hydrogens (primary N) is 1. The summed E-state index contributed by atoms with van der Waals surface area (Å²) < 4.78 is 2.20. The summed E-state index contributed by atoms with van der Waals surface area (Å²) in [6.45, 7) is 0.765. The van der Waals surface area contributed by atoms with Crippen LogP contribution in [0.25, 0.3) is 10.9 Å². The minimum atomic E-state index is -0.166. The van der Waals surface area contributed by atoms with Gasteiger partial charge in [0.1, 0.15) is 0 Å². The van der Waals surface area contributed by atoms with Crippen molar-refractivity contribution in [3.05, 3.63) is 96.2 Å². The summed E-state index contributed by atoms with van der Waals surface area (Å²) in [5.74, 6) is -0.166. The Morgan fingerprint density at radius 2 is 1.62 bits per heavy atom. The molecule has 0 fully saturated rings. The monoisotopic (exact) mass is 341 g/mol. The molecule has 0 aliphatic rings. The van der Waals surface area contributed by atoms with Gasteiger partial charge in [0.2, 0.25) is 0 Å². The Labute approximate surface area is 151 Å². The zero-order valence-electron chi connectivity index (χ0n) is 14.2. The molecule has 4 nitrogen and oxygen atoms in total. The summed E-state index contributed by atoms with van der Waals surface area (Å²) in [5, 5.41) is 4.07. The Balaban J connectivity index is 1.50. The number of anilines is 2. The van der Waals surface area contributed by atoms with E-state index in [1.807, 2.05) is 48.5 Å². The maximum atomic E-state index is 12.4. The fourth-order valence-electron chi connectivity index (χ4n) is 3.04. The van der Waals surface area contributed by atoms with E-state index < -0.39 is 0 Å². The molecule has 4 rings (SSSR count). The number of para-hydroxylation sites is 3. The molecule has 1 heterocycles. The molecule has 0 saturated carbocycles. The van der Waals surface area contributed by atoms with Gasteiger partial charge in [-0.1, -0.05) is 42.5 Å². The van der Waals surface area contributed by atoms with Gasteiger partial charge in [0, 0.05) is 23.8 Å². The number of carbonyl (C=O) groups excluding carboxylic acids is 1. The first-order valence-corrected chi connectivity index (χ1v) is 8.49. The van der Waals surface area contributed by atoms with Crippen molar-refractivity contribution in [1.82, 2.24) is 4.57 Å². The Bertz CT molecular complexity index is 1060. The molecule has 0 radical (unpaired) electrons. The quantitative estimate of drug-likeness (QED) is 0.536. The second-order valence-electron chi connectivity index (χ2n) is 6.24. The van der Waals surface area contributed by atoms with Crippen LogP contribution in [0, 0.1) is 0 Å². The number of hydrogen-bond donors (Lipinski definition) is 2. The minimum absolute atomic E-state index is 0.166.